The first-order chi connectivity index (χ1) is 9.30. The fourth-order valence-electron chi connectivity index (χ4n) is 2.80. The van der Waals surface area contributed by atoms with E-state index in [2.05, 4.69) is 19.1 Å². The van der Waals surface area contributed by atoms with Gasteiger partial charge in [0.15, 0.2) is 0 Å². The minimum Gasteiger partial charge on any atom is -0.299 e. The molecule has 0 bridgehead atoms. The van der Waals surface area contributed by atoms with E-state index < -0.39 is 0 Å². The van der Waals surface area contributed by atoms with Gasteiger partial charge in [0.1, 0.15) is 5.78 Å². The highest BCUT2D eigenvalue weighted by molar-refractivity contribution is 5.80. The molecule has 0 heterocycles. The predicted octanol–water partition coefficient (Wildman–Crippen LogP) is 5.83. The molecule has 19 heavy (non-hydrogen) atoms. The average Bonchev–Trinajstić information content (AvgIpc) is 2.41. The third-order valence-electron chi connectivity index (χ3n) is 4.27. The SMILES string of the molecule is CC1CCCCCC/C=C/CCCCCCCC1=O. The summed E-state index contributed by atoms with van der Waals surface area (Å²) in [6, 6.07) is 0. The Morgan fingerprint density at radius 3 is 2.00 bits per heavy atom. The summed E-state index contributed by atoms with van der Waals surface area (Å²) < 4.78 is 0. The molecule has 1 heteroatoms. The summed E-state index contributed by atoms with van der Waals surface area (Å²) in [7, 11) is 0. The first-order valence-electron chi connectivity index (χ1n) is 8.48. The van der Waals surface area contributed by atoms with Crippen LogP contribution >= 0.6 is 0 Å². The second kappa shape index (κ2) is 11.3. The van der Waals surface area contributed by atoms with Crippen molar-refractivity contribution in [1.82, 2.24) is 0 Å². The molecule has 1 rings (SSSR count). The lowest BCUT2D eigenvalue weighted by atomic mass is 9.95. The summed E-state index contributed by atoms with van der Waals surface area (Å²) in [5.41, 5.74) is 0. The molecule has 1 nitrogen and oxygen atoms in total. The third kappa shape index (κ3) is 9.02. The van der Waals surface area contributed by atoms with Crippen LogP contribution in [0, 0.1) is 5.92 Å². The van der Waals surface area contributed by atoms with Gasteiger partial charge in [0.05, 0.1) is 0 Å². The largest absolute Gasteiger partial charge is 0.299 e. The van der Waals surface area contributed by atoms with Gasteiger partial charge in [-0.25, -0.2) is 0 Å². The van der Waals surface area contributed by atoms with Gasteiger partial charge in [0, 0.05) is 12.3 Å². The van der Waals surface area contributed by atoms with Gasteiger partial charge in [-0.1, -0.05) is 57.6 Å². The summed E-state index contributed by atoms with van der Waals surface area (Å²) in [5.74, 6) is 0.807. The molecule has 1 atom stereocenters. The maximum atomic E-state index is 12.0. The number of Topliss-reactive ketones (excluding diaryl/α,β-unsaturated/α-hetero) is 1. The molecule has 110 valence electrons. The Balaban J connectivity index is 2.26. The molecule has 1 aliphatic carbocycles. The molecule has 0 saturated carbocycles. The van der Waals surface area contributed by atoms with Crippen LogP contribution in [0.4, 0.5) is 0 Å². The Bertz CT molecular complexity index is 254. The number of hydrogen-bond donors (Lipinski definition) is 0. The first-order valence-corrected chi connectivity index (χ1v) is 8.48. The van der Waals surface area contributed by atoms with Crippen molar-refractivity contribution in [2.45, 2.75) is 90.4 Å². The van der Waals surface area contributed by atoms with Crippen LogP contribution in [0.15, 0.2) is 12.2 Å². The van der Waals surface area contributed by atoms with Crippen LogP contribution < -0.4 is 0 Å². The first kappa shape index (κ1) is 16.5. The monoisotopic (exact) mass is 264 g/mol. The van der Waals surface area contributed by atoms with Crippen LogP contribution in [-0.4, -0.2) is 5.78 Å². The van der Waals surface area contributed by atoms with Crippen molar-refractivity contribution in [3.8, 4) is 0 Å². The van der Waals surface area contributed by atoms with E-state index in [1.54, 1.807) is 0 Å². The topological polar surface area (TPSA) is 17.1 Å². The van der Waals surface area contributed by atoms with Gasteiger partial charge in [0.25, 0.3) is 0 Å². The van der Waals surface area contributed by atoms with Crippen LogP contribution in [-0.2, 0) is 4.79 Å². The van der Waals surface area contributed by atoms with Crippen molar-refractivity contribution in [2.24, 2.45) is 5.92 Å². The zero-order valence-electron chi connectivity index (χ0n) is 12.8. The maximum Gasteiger partial charge on any atom is 0.135 e. The minimum absolute atomic E-state index is 0.301. The Hall–Kier alpha value is -0.590. The molecular formula is C18H32O. The molecule has 0 aromatic heterocycles. The van der Waals surface area contributed by atoms with E-state index >= 15 is 0 Å². The van der Waals surface area contributed by atoms with Crippen LogP contribution in [0.5, 0.6) is 0 Å². The van der Waals surface area contributed by atoms with E-state index in [4.69, 9.17) is 0 Å². The summed E-state index contributed by atoms with van der Waals surface area (Å²) in [4.78, 5) is 12.0. The van der Waals surface area contributed by atoms with Crippen LogP contribution in [0.25, 0.3) is 0 Å². The molecule has 0 aliphatic heterocycles. The van der Waals surface area contributed by atoms with Crippen LogP contribution in [0.3, 0.4) is 0 Å². The molecule has 0 amide bonds. The molecule has 0 aromatic rings. The minimum atomic E-state index is 0.301. The van der Waals surface area contributed by atoms with E-state index in [1.807, 2.05) is 0 Å². The summed E-state index contributed by atoms with van der Waals surface area (Å²) in [6.45, 7) is 2.12. The molecular weight excluding hydrogens is 232 g/mol. The summed E-state index contributed by atoms with van der Waals surface area (Å²) >= 11 is 0. The standard InChI is InChI=1S/C18H32O/c1-17-15-13-11-9-7-5-3-2-4-6-8-10-12-14-16-18(17)19/h2-3,17H,4-16H2,1H3/b3-2+. The smallest absolute Gasteiger partial charge is 0.135 e. The maximum absolute atomic E-state index is 12.0. The van der Waals surface area contributed by atoms with Crippen molar-refractivity contribution < 1.29 is 4.79 Å². The van der Waals surface area contributed by atoms with E-state index in [1.165, 1.54) is 64.2 Å². The highest BCUT2D eigenvalue weighted by atomic mass is 16.1. The lowest BCUT2D eigenvalue weighted by molar-refractivity contribution is -0.122. The number of rotatable bonds is 0. The Labute approximate surface area is 119 Å². The summed E-state index contributed by atoms with van der Waals surface area (Å²) in [5, 5.41) is 0. The third-order valence-corrected chi connectivity index (χ3v) is 4.27. The predicted molar refractivity (Wildman–Crippen MR) is 83.3 cm³/mol. The molecule has 0 spiro atoms. The molecule has 0 fully saturated rings. The van der Waals surface area contributed by atoms with Crippen molar-refractivity contribution in [3.63, 3.8) is 0 Å². The second-order valence-corrected chi connectivity index (χ2v) is 6.14. The quantitative estimate of drug-likeness (QED) is 0.503. The van der Waals surface area contributed by atoms with Gasteiger partial charge in [-0.2, -0.15) is 0 Å². The van der Waals surface area contributed by atoms with Gasteiger partial charge in [-0.3, -0.25) is 4.79 Å². The van der Waals surface area contributed by atoms with Gasteiger partial charge in [-0.05, 0) is 38.5 Å². The van der Waals surface area contributed by atoms with E-state index in [9.17, 15) is 4.79 Å². The number of ketones is 1. The Morgan fingerprint density at radius 1 is 0.789 bits per heavy atom. The number of allylic oxidation sites excluding steroid dienone is 2. The number of carbonyl (C=O) groups excluding carboxylic acids is 1. The lowest BCUT2D eigenvalue weighted by Gasteiger charge is -2.10. The van der Waals surface area contributed by atoms with Gasteiger partial charge in [0.2, 0.25) is 0 Å². The fraction of sp³-hybridized carbons (Fsp3) is 0.833. The fourth-order valence-corrected chi connectivity index (χ4v) is 2.80. The molecule has 0 aromatic carbocycles. The van der Waals surface area contributed by atoms with E-state index in [-0.39, 0.29) is 0 Å². The van der Waals surface area contributed by atoms with Gasteiger partial charge < -0.3 is 0 Å². The Kier molecular flexibility index (Phi) is 9.75. The highest BCUT2D eigenvalue weighted by Crippen LogP contribution is 2.16. The lowest BCUT2D eigenvalue weighted by Crippen LogP contribution is -2.10. The van der Waals surface area contributed by atoms with E-state index in [0.29, 0.717) is 11.7 Å². The average molecular weight is 264 g/mol. The molecule has 0 saturated heterocycles. The molecule has 1 unspecified atom stereocenters. The van der Waals surface area contributed by atoms with Gasteiger partial charge in [-0.15, -0.1) is 0 Å². The Morgan fingerprint density at radius 2 is 1.32 bits per heavy atom. The summed E-state index contributed by atoms with van der Waals surface area (Å²) in [6.07, 6.45) is 20.6. The number of carbonyl (C=O) groups is 1. The van der Waals surface area contributed by atoms with Crippen molar-refractivity contribution in [2.75, 3.05) is 0 Å². The molecule has 1 aliphatic rings. The zero-order chi connectivity index (χ0) is 13.8. The molecule has 0 radical (unpaired) electrons. The van der Waals surface area contributed by atoms with E-state index in [0.717, 1.165) is 19.3 Å². The van der Waals surface area contributed by atoms with Crippen molar-refractivity contribution in [3.05, 3.63) is 12.2 Å². The van der Waals surface area contributed by atoms with Crippen LogP contribution in [0.2, 0.25) is 0 Å². The van der Waals surface area contributed by atoms with Gasteiger partial charge >= 0.3 is 0 Å². The second-order valence-electron chi connectivity index (χ2n) is 6.14. The van der Waals surface area contributed by atoms with Crippen molar-refractivity contribution in [1.29, 1.82) is 0 Å². The van der Waals surface area contributed by atoms with Crippen LogP contribution in [0.1, 0.15) is 90.4 Å². The zero-order valence-corrected chi connectivity index (χ0v) is 12.8. The van der Waals surface area contributed by atoms with Crippen molar-refractivity contribution >= 4 is 5.78 Å². The number of hydrogen-bond acceptors (Lipinski definition) is 1. The molecule has 0 N–H and O–H groups in total. The normalized spacial score (nSPS) is 27.6. The highest BCUT2D eigenvalue weighted by Gasteiger charge is 2.11.